The van der Waals surface area contributed by atoms with Crippen LogP contribution in [0.15, 0.2) is 24.4 Å². The van der Waals surface area contributed by atoms with Crippen LogP contribution in [0.25, 0.3) is 0 Å². The number of aromatic nitrogens is 3. The first-order valence-corrected chi connectivity index (χ1v) is 5.94. The Morgan fingerprint density at radius 2 is 2.22 bits per heavy atom. The van der Waals surface area contributed by atoms with Gasteiger partial charge in [0, 0.05) is 24.7 Å². The largest absolute Gasteiger partial charge is 0.324 e. The molecule has 1 N–H and O–H groups in total. The molecule has 2 aromatic rings. The summed E-state index contributed by atoms with van der Waals surface area (Å²) in [5.74, 6) is 2.02. The second-order valence-corrected chi connectivity index (χ2v) is 4.48. The predicted molar refractivity (Wildman–Crippen MR) is 67.4 cm³/mol. The standard InChI is InChI=1S/C13H13N5/c1-18-12(6-7-15-18)17-13-10(8-14)4-5-11(16-13)9-2-3-9/h4-7,9H,2-3H2,1H3,(H,16,17). The van der Waals surface area contributed by atoms with Crippen LogP contribution in [0.3, 0.4) is 0 Å². The van der Waals surface area contributed by atoms with E-state index in [0.717, 1.165) is 11.5 Å². The second kappa shape index (κ2) is 4.15. The lowest BCUT2D eigenvalue weighted by Crippen LogP contribution is -2.03. The first kappa shape index (κ1) is 10.8. The monoisotopic (exact) mass is 239 g/mol. The molecule has 5 heteroatoms. The van der Waals surface area contributed by atoms with Gasteiger partial charge in [0.1, 0.15) is 17.7 Å². The van der Waals surface area contributed by atoms with E-state index in [1.54, 1.807) is 10.9 Å². The molecule has 0 aliphatic heterocycles. The third-order valence-corrected chi connectivity index (χ3v) is 3.10. The summed E-state index contributed by atoms with van der Waals surface area (Å²) in [6.07, 6.45) is 4.10. The van der Waals surface area contributed by atoms with Gasteiger partial charge in [0.15, 0.2) is 0 Å². The smallest absolute Gasteiger partial charge is 0.149 e. The minimum Gasteiger partial charge on any atom is -0.324 e. The zero-order valence-electron chi connectivity index (χ0n) is 10.1. The van der Waals surface area contributed by atoms with Crippen molar-refractivity contribution in [1.29, 1.82) is 5.26 Å². The second-order valence-electron chi connectivity index (χ2n) is 4.48. The molecule has 1 fully saturated rings. The van der Waals surface area contributed by atoms with Crippen LogP contribution in [0.2, 0.25) is 0 Å². The van der Waals surface area contributed by atoms with E-state index in [-0.39, 0.29) is 0 Å². The van der Waals surface area contributed by atoms with Crippen LogP contribution in [0.5, 0.6) is 0 Å². The molecule has 1 aliphatic carbocycles. The molecule has 0 bridgehead atoms. The van der Waals surface area contributed by atoms with Crippen molar-refractivity contribution >= 4 is 11.6 Å². The van der Waals surface area contributed by atoms with Crippen LogP contribution in [0.4, 0.5) is 11.6 Å². The molecule has 3 rings (SSSR count). The number of hydrogen-bond donors (Lipinski definition) is 1. The number of nitrogens with zero attached hydrogens (tertiary/aromatic N) is 4. The molecule has 0 aromatic carbocycles. The van der Waals surface area contributed by atoms with Gasteiger partial charge in [0.2, 0.25) is 0 Å². The zero-order chi connectivity index (χ0) is 12.5. The highest BCUT2D eigenvalue weighted by molar-refractivity contribution is 5.60. The number of nitrogens with one attached hydrogen (secondary N) is 1. The maximum atomic E-state index is 9.11. The number of aryl methyl sites for hydroxylation is 1. The van der Waals surface area contributed by atoms with Crippen LogP contribution in [0.1, 0.15) is 30.0 Å². The van der Waals surface area contributed by atoms with E-state index in [1.807, 2.05) is 25.2 Å². The third-order valence-electron chi connectivity index (χ3n) is 3.10. The van der Waals surface area contributed by atoms with Gasteiger partial charge in [0.05, 0.1) is 11.8 Å². The van der Waals surface area contributed by atoms with Crippen LogP contribution < -0.4 is 5.32 Å². The van der Waals surface area contributed by atoms with Gasteiger partial charge in [0.25, 0.3) is 0 Å². The Bertz CT molecular complexity index is 619. The number of rotatable bonds is 3. The molecule has 0 amide bonds. The molecule has 0 atom stereocenters. The van der Waals surface area contributed by atoms with Crippen molar-refractivity contribution in [2.24, 2.45) is 7.05 Å². The quantitative estimate of drug-likeness (QED) is 0.892. The van der Waals surface area contributed by atoms with E-state index in [1.165, 1.54) is 12.8 Å². The van der Waals surface area contributed by atoms with E-state index in [0.29, 0.717) is 17.3 Å². The molecular weight excluding hydrogens is 226 g/mol. The first-order chi connectivity index (χ1) is 8.78. The van der Waals surface area contributed by atoms with Crippen molar-refractivity contribution in [1.82, 2.24) is 14.8 Å². The maximum Gasteiger partial charge on any atom is 0.149 e. The van der Waals surface area contributed by atoms with Gasteiger partial charge < -0.3 is 5.32 Å². The Morgan fingerprint density at radius 1 is 1.39 bits per heavy atom. The lowest BCUT2D eigenvalue weighted by Gasteiger charge is -2.09. The summed E-state index contributed by atoms with van der Waals surface area (Å²) in [6, 6.07) is 7.79. The van der Waals surface area contributed by atoms with Gasteiger partial charge in [-0.1, -0.05) is 0 Å². The SMILES string of the molecule is Cn1nccc1Nc1nc(C2CC2)ccc1C#N. The molecule has 0 radical (unpaired) electrons. The predicted octanol–water partition coefficient (Wildman–Crippen LogP) is 2.31. The van der Waals surface area contributed by atoms with Crippen LogP contribution in [-0.2, 0) is 7.05 Å². The average molecular weight is 239 g/mol. The minimum absolute atomic E-state index is 0.556. The Labute approximate surface area is 105 Å². The summed E-state index contributed by atoms with van der Waals surface area (Å²) in [4.78, 5) is 4.55. The molecule has 1 aliphatic rings. The van der Waals surface area contributed by atoms with Crippen LogP contribution in [0, 0.1) is 11.3 Å². The van der Waals surface area contributed by atoms with Crippen molar-refractivity contribution in [2.75, 3.05) is 5.32 Å². The zero-order valence-corrected chi connectivity index (χ0v) is 10.1. The summed E-state index contributed by atoms with van der Waals surface area (Å²) in [7, 11) is 1.85. The summed E-state index contributed by atoms with van der Waals surface area (Å²) < 4.78 is 1.71. The number of anilines is 2. The molecule has 5 nitrogen and oxygen atoms in total. The molecular formula is C13H13N5. The highest BCUT2D eigenvalue weighted by atomic mass is 15.3. The van der Waals surface area contributed by atoms with E-state index in [2.05, 4.69) is 21.5 Å². The third kappa shape index (κ3) is 1.93. The summed E-state index contributed by atoms with van der Waals surface area (Å²) >= 11 is 0. The maximum absolute atomic E-state index is 9.11. The number of hydrogen-bond acceptors (Lipinski definition) is 4. The van der Waals surface area contributed by atoms with Crippen molar-refractivity contribution in [3.63, 3.8) is 0 Å². The molecule has 2 aromatic heterocycles. The minimum atomic E-state index is 0.556. The van der Waals surface area contributed by atoms with Crippen molar-refractivity contribution in [3.05, 3.63) is 35.7 Å². The summed E-state index contributed by atoms with van der Waals surface area (Å²) in [6.45, 7) is 0. The summed E-state index contributed by atoms with van der Waals surface area (Å²) in [5, 5.41) is 16.4. The Morgan fingerprint density at radius 3 is 2.83 bits per heavy atom. The molecule has 0 saturated heterocycles. The molecule has 0 spiro atoms. The van der Waals surface area contributed by atoms with Gasteiger partial charge in [-0.2, -0.15) is 10.4 Å². The fraction of sp³-hybridized carbons (Fsp3) is 0.308. The van der Waals surface area contributed by atoms with E-state index in [4.69, 9.17) is 5.26 Å². The molecule has 18 heavy (non-hydrogen) atoms. The Hall–Kier alpha value is -2.35. The average Bonchev–Trinajstić information content (AvgIpc) is 3.15. The molecule has 2 heterocycles. The van der Waals surface area contributed by atoms with Crippen molar-refractivity contribution in [2.45, 2.75) is 18.8 Å². The van der Waals surface area contributed by atoms with Gasteiger partial charge in [-0.25, -0.2) is 4.98 Å². The molecule has 1 saturated carbocycles. The van der Waals surface area contributed by atoms with Crippen molar-refractivity contribution < 1.29 is 0 Å². The topological polar surface area (TPSA) is 66.5 Å². The molecule has 0 unspecified atom stereocenters. The van der Waals surface area contributed by atoms with Gasteiger partial charge >= 0.3 is 0 Å². The highest BCUT2D eigenvalue weighted by Crippen LogP contribution is 2.39. The number of pyridine rings is 1. The van der Waals surface area contributed by atoms with E-state index >= 15 is 0 Å². The Balaban J connectivity index is 1.96. The number of nitriles is 1. The first-order valence-electron chi connectivity index (χ1n) is 5.94. The van der Waals surface area contributed by atoms with Crippen LogP contribution >= 0.6 is 0 Å². The Kier molecular flexibility index (Phi) is 2.49. The van der Waals surface area contributed by atoms with Crippen LogP contribution in [-0.4, -0.2) is 14.8 Å². The fourth-order valence-electron chi connectivity index (χ4n) is 1.88. The van der Waals surface area contributed by atoms with E-state index in [9.17, 15) is 0 Å². The highest BCUT2D eigenvalue weighted by Gasteiger charge is 2.25. The van der Waals surface area contributed by atoms with Gasteiger partial charge in [-0.15, -0.1) is 0 Å². The van der Waals surface area contributed by atoms with E-state index < -0.39 is 0 Å². The van der Waals surface area contributed by atoms with Crippen molar-refractivity contribution in [3.8, 4) is 6.07 Å². The summed E-state index contributed by atoms with van der Waals surface area (Å²) in [5.41, 5.74) is 1.62. The lowest BCUT2D eigenvalue weighted by atomic mass is 10.2. The van der Waals surface area contributed by atoms with Gasteiger partial charge in [-0.05, 0) is 25.0 Å². The normalized spacial score (nSPS) is 14.2. The lowest BCUT2D eigenvalue weighted by molar-refractivity contribution is 0.775. The molecule has 90 valence electrons. The fourth-order valence-corrected chi connectivity index (χ4v) is 1.88. The van der Waals surface area contributed by atoms with Gasteiger partial charge in [-0.3, -0.25) is 4.68 Å².